The average Bonchev–Trinajstić information content (AvgIpc) is 3.27. The molecular weight excluding hydrogens is 358 g/mol. The summed E-state index contributed by atoms with van der Waals surface area (Å²) in [4.78, 5) is 24.9. The number of imide groups is 1. The Hall–Kier alpha value is -2.65. The lowest BCUT2D eigenvalue weighted by molar-refractivity contribution is -0.117. The number of benzene rings is 1. The van der Waals surface area contributed by atoms with E-state index in [-0.39, 0.29) is 11.7 Å². The molecule has 25 heavy (non-hydrogen) atoms. The molecule has 9 heteroatoms. The fourth-order valence-electron chi connectivity index (χ4n) is 2.50. The van der Waals surface area contributed by atoms with Crippen LogP contribution < -0.4 is 5.32 Å². The first kappa shape index (κ1) is 15.9. The van der Waals surface area contributed by atoms with Crippen LogP contribution >= 0.6 is 23.1 Å². The zero-order chi connectivity index (χ0) is 17.4. The van der Waals surface area contributed by atoms with Crippen molar-refractivity contribution in [2.45, 2.75) is 5.16 Å². The molecule has 126 valence electrons. The predicted molar refractivity (Wildman–Crippen MR) is 97.0 cm³/mol. The van der Waals surface area contributed by atoms with Crippen LogP contribution in [0, 0.1) is 0 Å². The molecule has 1 N–H and O–H groups in total. The minimum atomic E-state index is -0.412. The smallest absolute Gasteiger partial charge is 0.274 e. The number of aryl methyl sites for hydroxylation is 1. The van der Waals surface area contributed by atoms with Crippen LogP contribution in [0.5, 0.6) is 0 Å². The Bertz CT molecular complexity index is 1090. The Morgan fingerprint density at radius 3 is 2.84 bits per heavy atom. The number of thiazole rings is 1. The Morgan fingerprint density at radius 2 is 2.04 bits per heavy atom. The van der Waals surface area contributed by atoms with E-state index in [1.165, 1.54) is 11.8 Å². The number of para-hydroxylation sites is 1. The molecule has 0 unspecified atom stereocenters. The highest BCUT2D eigenvalue weighted by Gasteiger charge is 2.16. The highest BCUT2D eigenvalue weighted by Crippen LogP contribution is 2.29. The van der Waals surface area contributed by atoms with Crippen molar-refractivity contribution in [1.82, 2.24) is 24.5 Å². The summed E-state index contributed by atoms with van der Waals surface area (Å²) in [5, 5.41) is 11.3. The Balaban J connectivity index is 1.48. The summed E-state index contributed by atoms with van der Waals surface area (Å²) in [5.41, 5.74) is 1.45. The van der Waals surface area contributed by atoms with Crippen LogP contribution in [0.2, 0.25) is 0 Å². The summed E-state index contributed by atoms with van der Waals surface area (Å²) in [6, 6.07) is 11.4. The molecule has 0 aliphatic rings. The first-order chi connectivity index (χ1) is 12.1. The zero-order valence-corrected chi connectivity index (χ0v) is 14.8. The highest BCUT2D eigenvalue weighted by molar-refractivity contribution is 7.99. The fourth-order valence-corrected chi connectivity index (χ4v) is 4.27. The largest absolute Gasteiger partial charge is 0.347 e. The number of carbonyl (C=O) groups is 2. The van der Waals surface area contributed by atoms with E-state index in [2.05, 4.69) is 15.5 Å². The third-order valence-corrected chi connectivity index (χ3v) is 5.61. The van der Waals surface area contributed by atoms with E-state index >= 15 is 0 Å². The van der Waals surface area contributed by atoms with Crippen LogP contribution in [-0.4, -0.2) is 36.7 Å². The monoisotopic (exact) mass is 371 g/mol. The fraction of sp³-hybridized carbons (Fsp3) is 0.125. The molecule has 0 bridgehead atoms. The van der Waals surface area contributed by atoms with Crippen molar-refractivity contribution >= 4 is 50.1 Å². The van der Waals surface area contributed by atoms with Gasteiger partial charge >= 0.3 is 0 Å². The number of amides is 2. The first-order valence-electron chi connectivity index (χ1n) is 7.44. The predicted octanol–water partition coefficient (Wildman–Crippen LogP) is 2.33. The summed E-state index contributed by atoms with van der Waals surface area (Å²) < 4.78 is 4.70. The quantitative estimate of drug-likeness (QED) is 0.557. The molecule has 2 amide bonds. The normalized spacial score (nSPS) is 11.2. The van der Waals surface area contributed by atoms with Gasteiger partial charge in [-0.15, -0.1) is 10.2 Å². The molecule has 0 radical (unpaired) electrons. The molecular formula is C16H13N5O2S2. The van der Waals surface area contributed by atoms with Crippen LogP contribution in [0.4, 0.5) is 0 Å². The van der Waals surface area contributed by atoms with Crippen LogP contribution in [0.1, 0.15) is 10.5 Å². The molecule has 4 rings (SSSR count). The van der Waals surface area contributed by atoms with Crippen molar-refractivity contribution in [3.05, 3.63) is 48.3 Å². The van der Waals surface area contributed by atoms with Crippen LogP contribution in [0.15, 0.2) is 47.8 Å². The van der Waals surface area contributed by atoms with Gasteiger partial charge in [-0.05, 0) is 24.3 Å². The second kappa shape index (κ2) is 6.34. The molecule has 4 aromatic rings. The summed E-state index contributed by atoms with van der Waals surface area (Å²) in [7, 11) is 1.75. The van der Waals surface area contributed by atoms with Crippen molar-refractivity contribution in [3.8, 4) is 0 Å². The van der Waals surface area contributed by atoms with Crippen molar-refractivity contribution < 1.29 is 9.59 Å². The van der Waals surface area contributed by atoms with Crippen molar-refractivity contribution in [3.63, 3.8) is 0 Å². The molecule has 0 aliphatic heterocycles. The van der Waals surface area contributed by atoms with Gasteiger partial charge in [0.1, 0.15) is 5.69 Å². The number of rotatable bonds is 4. The lowest BCUT2D eigenvalue weighted by atomic mass is 10.3. The number of hydrogen-bond donors (Lipinski definition) is 1. The van der Waals surface area contributed by atoms with Crippen LogP contribution in [0.25, 0.3) is 15.2 Å². The molecule has 0 saturated carbocycles. The highest BCUT2D eigenvalue weighted by atomic mass is 32.2. The number of thioether (sulfide) groups is 1. The molecule has 0 atom stereocenters. The standard InChI is InChI=1S/C16H13N5O2S2/c1-20-8-4-6-11(20)14(23)17-13(22)9-24-15-18-19-16-21(15)10-5-2-3-7-12(10)25-16/h2-8H,9H2,1H3,(H,17,22,23). The summed E-state index contributed by atoms with van der Waals surface area (Å²) in [6.45, 7) is 0. The Kier molecular flexibility index (Phi) is 4.02. The third kappa shape index (κ3) is 2.92. The minimum absolute atomic E-state index is 0.0845. The topological polar surface area (TPSA) is 81.3 Å². The van der Waals surface area contributed by atoms with Gasteiger partial charge in [-0.25, -0.2) is 0 Å². The number of nitrogens with one attached hydrogen (secondary N) is 1. The van der Waals surface area contributed by atoms with Gasteiger partial charge in [0.15, 0.2) is 5.16 Å². The van der Waals surface area contributed by atoms with E-state index in [9.17, 15) is 9.59 Å². The van der Waals surface area contributed by atoms with Gasteiger partial charge in [0.2, 0.25) is 10.9 Å². The number of nitrogens with zero attached hydrogens (tertiary/aromatic N) is 4. The number of hydrogen-bond acceptors (Lipinski definition) is 6. The SMILES string of the molecule is Cn1cccc1C(=O)NC(=O)CSc1nnc2sc3ccccc3n12. The van der Waals surface area contributed by atoms with Crippen molar-refractivity contribution in [2.24, 2.45) is 7.05 Å². The van der Waals surface area contributed by atoms with Gasteiger partial charge in [-0.2, -0.15) is 0 Å². The number of carbonyl (C=O) groups excluding carboxylic acids is 2. The third-order valence-electron chi connectivity index (χ3n) is 3.67. The molecule has 7 nitrogen and oxygen atoms in total. The van der Waals surface area contributed by atoms with E-state index < -0.39 is 5.91 Å². The summed E-state index contributed by atoms with van der Waals surface area (Å²) in [6.07, 6.45) is 1.75. The maximum Gasteiger partial charge on any atom is 0.274 e. The molecule has 3 aromatic heterocycles. The number of fused-ring (bicyclic) bond motifs is 3. The molecule has 3 heterocycles. The van der Waals surface area contributed by atoms with Gasteiger partial charge in [-0.3, -0.25) is 19.3 Å². The second-order valence-electron chi connectivity index (χ2n) is 5.34. The van der Waals surface area contributed by atoms with Gasteiger partial charge < -0.3 is 4.57 Å². The van der Waals surface area contributed by atoms with Crippen LogP contribution in [-0.2, 0) is 11.8 Å². The zero-order valence-electron chi connectivity index (χ0n) is 13.2. The lowest BCUT2D eigenvalue weighted by Crippen LogP contribution is -2.33. The van der Waals surface area contributed by atoms with Crippen LogP contribution in [0.3, 0.4) is 0 Å². The van der Waals surface area contributed by atoms with Gasteiger partial charge in [-0.1, -0.05) is 35.2 Å². The van der Waals surface area contributed by atoms with E-state index in [1.807, 2.05) is 28.7 Å². The van der Waals surface area contributed by atoms with E-state index in [1.54, 1.807) is 41.3 Å². The maximum absolute atomic E-state index is 12.1. The van der Waals surface area contributed by atoms with E-state index in [0.29, 0.717) is 10.9 Å². The van der Waals surface area contributed by atoms with E-state index in [4.69, 9.17) is 0 Å². The molecule has 0 spiro atoms. The Morgan fingerprint density at radius 1 is 1.20 bits per heavy atom. The molecule has 0 fully saturated rings. The first-order valence-corrected chi connectivity index (χ1v) is 9.24. The molecule has 0 aliphatic carbocycles. The lowest BCUT2D eigenvalue weighted by Gasteiger charge is -2.04. The summed E-state index contributed by atoms with van der Waals surface area (Å²) in [5.74, 6) is -0.695. The Labute approximate surface area is 150 Å². The molecule has 1 aromatic carbocycles. The number of aromatic nitrogens is 4. The van der Waals surface area contributed by atoms with Crippen molar-refractivity contribution in [1.29, 1.82) is 0 Å². The van der Waals surface area contributed by atoms with E-state index in [0.717, 1.165) is 15.2 Å². The van der Waals surface area contributed by atoms with Gasteiger partial charge in [0, 0.05) is 13.2 Å². The molecule has 0 saturated heterocycles. The maximum atomic E-state index is 12.1. The average molecular weight is 371 g/mol. The van der Waals surface area contributed by atoms with Gasteiger partial charge in [0.05, 0.1) is 16.0 Å². The minimum Gasteiger partial charge on any atom is -0.347 e. The van der Waals surface area contributed by atoms with Gasteiger partial charge in [0.25, 0.3) is 5.91 Å². The summed E-state index contributed by atoms with van der Waals surface area (Å²) >= 11 is 2.80. The second-order valence-corrected chi connectivity index (χ2v) is 7.29. The van der Waals surface area contributed by atoms with Crippen molar-refractivity contribution in [2.75, 3.05) is 5.75 Å².